The lowest BCUT2D eigenvalue weighted by Gasteiger charge is -2.15. The van der Waals surface area contributed by atoms with E-state index < -0.39 is 26.5 Å². The summed E-state index contributed by atoms with van der Waals surface area (Å²) in [4.78, 5) is 33.8. The average molecular weight is 764 g/mol. The topological polar surface area (TPSA) is 131 Å². The van der Waals surface area contributed by atoms with E-state index in [1.165, 1.54) is 51.4 Å². The molecule has 2 unspecified atom stereocenters. The Bertz CT molecular complexity index is 1100. The molecule has 0 fully saturated rings. The van der Waals surface area contributed by atoms with Gasteiger partial charge in [0.2, 0.25) is 5.91 Å². The van der Waals surface area contributed by atoms with Gasteiger partial charge in [-0.1, -0.05) is 132 Å². The maximum absolute atomic E-state index is 12.1. The fourth-order valence-electron chi connectivity index (χ4n) is 5.05. The summed E-state index contributed by atoms with van der Waals surface area (Å²) in [7, 11) is -4.43. The SMILES string of the molecule is CC/C=C\C/C=C\C/C=C\C/C=C\CCCCC(=O)OCC(O)COP(=O)(O)OCCNC(=O)CCCCCCCCC/C=C\C/C=C\CCCCC. The molecule has 0 aromatic carbocycles. The van der Waals surface area contributed by atoms with Crippen LogP contribution in [0.15, 0.2) is 72.9 Å². The molecule has 10 heteroatoms. The molecule has 0 aliphatic carbocycles. The lowest BCUT2D eigenvalue weighted by atomic mass is 10.1. The number of hydrogen-bond donors (Lipinski definition) is 3. The van der Waals surface area contributed by atoms with Crippen molar-refractivity contribution >= 4 is 19.7 Å². The lowest BCUT2D eigenvalue weighted by Crippen LogP contribution is -2.27. The minimum atomic E-state index is -4.43. The standard InChI is InChI=1S/C43H74NO8P/c1-3-5-7-9-11-13-15-17-19-20-22-23-25-27-29-31-33-35-42(46)44-37-38-51-53(48,49)52-40-41(45)39-50-43(47)36-34-32-30-28-26-24-21-18-16-14-12-10-8-6-4-2/h6,8,11-14,17-19,21,26,28,41,45H,3-5,7,9-10,15-16,20,22-25,27,29-40H2,1-2H3,(H,44,46)(H,48,49)/b8-6-,13-11-,14-12-,19-17-,21-18-,28-26-. The average Bonchev–Trinajstić information content (AvgIpc) is 3.14. The molecule has 0 aliphatic heterocycles. The van der Waals surface area contributed by atoms with Crippen LogP contribution in [-0.2, 0) is 27.9 Å². The Morgan fingerprint density at radius 2 is 1.08 bits per heavy atom. The van der Waals surface area contributed by atoms with Crippen molar-refractivity contribution in [2.24, 2.45) is 0 Å². The molecule has 0 spiro atoms. The molecular weight excluding hydrogens is 689 g/mol. The number of rotatable bonds is 37. The summed E-state index contributed by atoms with van der Waals surface area (Å²) in [5, 5.41) is 12.7. The van der Waals surface area contributed by atoms with Crippen molar-refractivity contribution < 1.29 is 37.9 Å². The van der Waals surface area contributed by atoms with Crippen molar-refractivity contribution in [1.29, 1.82) is 0 Å². The van der Waals surface area contributed by atoms with Crippen LogP contribution in [0, 0.1) is 0 Å². The third-order valence-electron chi connectivity index (χ3n) is 8.12. The largest absolute Gasteiger partial charge is 0.472 e. The number of phosphoric ester groups is 1. The van der Waals surface area contributed by atoms with E-state index in [0.29, 0.717) is 12.8 Å². The Hall–Kier alpha value is -2.55. The van der Waals surface area contributed by atoms with E-state index in [4.69, 9.17) is 13.8 Å². The molecule has 0 aromatic heterocycles. The second-order valence-corrected chi connectivity index (χ2v) is 14.7. The van der Waals surface area contributed by atoms with Crippen LogP contribution in [0.2, 0.25) is 0 Å². The molecule has 0 heterocycles. The highest BCUT2D eigenvalue weighted by Gasteiger charge is 2.23. The lowest BCUT2D eigenvalue weighted by molar-refractivity contribution is -0.147. The molecular formula is C43H74NO8P. The van der Waals surface area contributed by atoms with Crippen LogP contribution in [0.5, 0.6) is 0 Å². The number of aliphatic hydroxyl groups is 1. The van der Waals surface area contributed by atoms with Crippen LogP contribution < -0.4 is 5.32 Å². The highest BCUT2D eigenvalue weighted by atomic mass is 31.2. The van der Waals surface area contributed by atoms with Crippen molar-refractivity contribution in [1.82, 2.24) is 5.32 Å². The predicted octanol–water partition coefficient (Wildman–Crippen LogP) is 11.1. The minimum absolute atomic E-state index is 0.0683. The van der Waals surface area contributed by atoms with E-state index in [0.717, 1.165) is 70.6 Å². The number of nitrogens with one attached hydrogen (secondary N) is 1. The summed E-state index contributed by atoms with van der Waals surface area (Å²) in [5.74, 6) is -0.573. The Kier molecular flexibility index (Phi) is 37.3. The number of ether oxygens (including phenoxy) is 1. The first kappa shape index (κ1) is 50.5. The molecule has 0 saturated heterocycles. The highest BCUT2D eigenvalue weighted by Crippen LogP contribution is 2.42. The molecule has 2 atom stereocenters. The third-order valence-corrected chi connectivity index (χ3v) is 9.10. The number of allylic oxidation sites excluding steroid dienone is 12. The molecule has 0 aliphatic rings. The number of esters is 1. The van der Waals surface area contributed by atoms with Gasteiger partial charge in [-0.15, -0.1) is 0 Å². The monoisotopic (exact) mass is 764 g/mol. The first-order chi connectivity index (χ1) is 25.8. The van der Waals surface area contributed by atoms with Crippen molar-refractivity contribution in [3.8, 4) is 0 Å². The normalized spacial score (nSPS) is 14.1. The van der Waals surface area contributed by atoms with Crippen LogP contribution >= 0.6 is 7.82 Å². The quantitative estimate of drug-likeness (QED) is 0.0247. The van der Waals surface area contributed by atoms with Gasteiger partial charge in [0.1, 0.15) is 12.7 Å². The van der Waals surface area contributed by atoms with Crippen molar-refractivity contribution in [3.05, 3.63) is 72.9 Å². The zero-order valence-corrected chi connectivity index (χ0v) is 34.1. The summed E-state index contributed by atoms with van der Waals surface area (Å²) in [6.07, 6.45) is 46.9. The smallest absolute Gasteiger partial charge is 0.463 e. The van der Waals surface area contributed by atoms with Crippen molar-refractivity contribution in [3.63, 3.8) is 0 Å². The van der Waals surface area contributed by atoms with Gasteiger partial charge in [-0.3, -0.25) is 18.6 Å². The Balaban J connectivity index is 3.69. The number of amides is 1. The van der Waals surface area contributed by atoms with E-state index >= 15 is 0 Å². The van der Waals surface area contributed by atoms with Gasteiger partial charge in [-0.25, -0.2) is 4.57 Å². The predicted molar refractivity (Wildman–Crippen MR) is 219 cm³/mol. The molecule has 0 rings (SSSR count). The summed E-state index contributed by atoms with van der Waals surface area (Å²) in [6, 6.07) is 0. The molecule has 53 heavy (non-hydrogen) atoms. The number of carbonyl (C=O) groups is 2. The number of carbonyl (C=O) groups excluding carboxylic acids is 2. The Labute approximate surface area is 322 Å². The summed E-state index contributed by atoms with van der Waals surface area (Å²) >= 11 is 0. The number of aliphatic hydroxyl groups excluding tert-OH is 1. The molecule has 0 aromatic rings. The molecule has 0 bridgehead atoms. The fourth-order valence-corrected chi connectivity index (χ4v) is 5.80. The fraction of sp³-hybridized carbons (Fsp3) is 0.674. The zero-order chi connectivity index (χ0) is 38.9. The van der Waals surface area contributed by atoms with Gasteiger partial charge in [0.15, 0.2) is 0 Å². The van der Waals surface area contributed by atoms with Gasteiger partial charge in [0.05, 0.1) is 13.2 Å². The second-order valence-electron chi connectivity index (χ2n) is 13.2. The van der Waals surface area contributed by atoms with Gasteiger partial charge in [-0.05, 0) is 83.5 Å². The van der Waals surface area contributed by atoms with Gasteiger partial charge < -0.3 is 20.1 Å². The molecule has 3 N–H and O–H groups in total. The van der Waals surface area contributed by atoms with Crippen LogP contribution in [0.4, 0.5) is 0 Å². The van der Waals surface area contributed by atoms with Crippen molar-refractivity contribution in [2.75, 3.05) is 26.4 Å². The number of phosphoric acid groups is 1. The third kappa shape index (κ3) is 40.5. The maximum Gasteiger partial charge on any atom is 0.472 e. The molecule has 0 radical (unpaired) electrons. The maximum atomic E-state index is 12.1. The second kappa shape index (κ2) is 39.2. The summed E-state index contributed by atoms with van der Waals surface area (Å²) in [5.41, 5.74) is 0. The Morgan fingerprint density at radius 1 is 0.604 bits per heavy atom. The molecule has 1 amide bonds. The van der Waals surface area contributed by atoms with Gasteiger partial charge in [0.25, 0.3) is 0 Å². The minimum Gasteiger partial charge on any atom is -0.463 e. The number of hydrogen-bond acceptors (Lipinski definition) is 7. The van der Waals surface area contributed by atoms with Crippen LogP contribution in [0.1, 0.15) is 155 Å². The summed E-state index contributed by atoms with van der Waals surface area (Å²) in [6.45, 7) is 3.33. The van der Waals surface area contributed by atoms with Gasteiger partial charge >= 0.3 is 13.8 Å². The highest BCUT2D eigenvalue weighted by molar-refractivity contribution is 7.47. The van der Waals surface area contributed by atoms with Crippen LogP contribution in [0.3, 0.4) is 0 Å². The van der Waals surface area contributed by atoms with Crippen molar-refractivity contribution in [2.45, 2.75) is 161 Å². The van der Waals surface area contributed by atoms with Crippen LogP contribution in [-0.4, -0.2) is 54.3 Å². The van der Waals surface area contributed by atoms with Gasteiger partial charge in [0, 0.05) is 19.4 Å². The summed E-state index contributed by atoms with van der Waals surface area (Å²) < 4.78 is 26.8. The van der Waals surface area contributed by atoms with E-state index in [9.17, 15) is 24.2 Å². The molecule has 9 nitrogen and oxygen atoms in total. The van der Waals surface area contributed by atoms with Crippen LogP contribution in [0.25, 0.3) is 0 Å². The van der Waals surface area contributed by atoms with E-state index in [1.54, 1.807) is 0 Å². The first-order valence-corrected chi connectivity index (χ1v) is 21.9. The first-order valence-electron chi connectivity index (χ1n) is 20.4. The van der Waals surface area contributed by atoms with E-state index in [2.05, 4.69) is 92.1 Å². The number of unbranched alkanes of at least 4 members (excludes halogenated alkanes) is 12. The van der Waals surface area contributed by atoms with E-state index in [-0.39, 0.29) is 32.1 Å². The zero-order valence-electron chi connectivity index (χ0n) is 33.2. The molecule has 0 saturated carbocycles. The van der Waals surface area contributed by atoms with Gasteiger partial charge in [-0.2, -0.15) is 0 Å². The Morgan fingerprint density at radius 3 is 1.64 bits per heavy atom. The molecule has 304 valence electrons. The van der Waals surface area contributed by atoms with E-state index in [1.807, 2.05) is 0 Å².